The highest BCUT2D eigenvalue weighted by Crippen LogP contribution is 2.30. The van der Waals surface area contributed by atoms with Crippen LogP contribution in [0.1, 0.15) is 19.0 Å². The predicted molar refractivity (Wildman–Crippen MR) is 114 cm³/mol. The smallest absolute Gasteiger partial charge is 0.166 e. The van der Waals surface area contributed by atoms with Crippen LogP contribution in [0.3, 0.4) is 0 Å². The minimum atomic E-state index is -0.740. The maximum Gasteiger partial charge on any atom is 0.166 e. The Bertz CT molecular complexity index is 1190. The molecule has 0 spiro atoms. The van der Waals surface area contributed by atoms with Gasteiger partial charge in [0.2, 0.25) is 0 Å². The van der Waals surface area contributed by atoms with Gasteiger partial charge < -0.3 is 10.4 Å². The molecule has 0 bridgehead atoms. The highest BCUT2D eigenvalue weighted by molar-refractivity contribution is 5.91. The van der Waals surface area contributed by atoms with Crippen molar-refractivity contribution in [3.05, 3.63) is 59.8 Å². The van der Waals surface area contributed by atoms with Gasteiger partial charge in [-0.25, -0.2) is 18.7 Å². The summed E-state index contributed by atoms with van der Waals surface area (Å²) in [5.41, 5.74) is 3.26. The molecule has 2 heterocycles. The molecule has 0 saturated carbocycles. The second kappa shape index (κ2) is 8.62. The first-order valence-corrected chi connectivity index (χ1v) is 9.21. The molecule has 30 heavy (non-hydrogen) atoms. The maximum absolute atomic E-state index is 13.8. The molecule has 156 valence electrons. The Labute approximate surface area is 178 Å². The van der Waals surface area contributed by atoms with Crippen LogP contribution in [-0.2, 0) is 13.5 Å². The molecule has 6 nitrogen and oxygen atoms in total. The number of nitrogens with zero attached hydrogens (tertiary/aromatic N) is 4. The van der Waals surface area contributed by atoms with Crippen LogP contribution in [0.5, 0.6) is 5.75 Å². The van der Waals surface area contributed by atoms with Gasteiger partial charge in [0.15, 0.2) is 23.2 Å². The molecule has 2 N–H and O–H groups in total. The number of rotatable bonds is 5. The Morgan fingerprint density at radius 3 is 2.47 bits per heavy atom. The van der Waals surface area contributed by atoms with Crippen LogP contribution >= 0.6 is 12.4 Å². The lowest BCUT2D eigenvalue weighted by molar-refractivity contribution is 0.432. The number of fused-ring (bicyclic) bond motifs is 1. The molecule has 0 unspecified atom stereocenters. The molecule has 2 aromatic heterocycles. The highest BCUT2D eigenvalue weighted by atomic mass is 35.5. The fourth-order valence-electron chi connectivity index (χ4n) is 3.18. The van der Waals surface area contributed by atoms with E-state index in [1.54, 1.807) is 29.9 Å². The lowest BCUT2D eigenvalue weighted by atomic mass is 10.2. The Hall–Kier alpha value is -3.26. The molecule has 0 fully saturated rings. The largest absolute Gasteiger partial charge is 0.505 e. The van der Waals surface area contributed by atoms with E-state index in [9.17, 15) is 13.9 Å². The van der Waals surface area contributed by atoms with Crippen LogP contribution in [0.4, 0.5) is 20.3 Å². The van der Waals surface area contributed by atoms with Gasteiger partial charge in [-0.05, 0) is 42.8 Å². The molecule has 4 rings (SSSR count). The Kier molecular flexibility index (Phi) is 6.17. The number of hydrogen-bond donors (Lipinski definition) is 2. The number of aromatic nitrogens is 4. The summed E-state index contributed by atoms with van der Waals surface area (Å²) < 4.78 is 28.8. The third-order valence-corrected chi connectivity index (χ3v) is 4.55. The van der Waals surface area contributed by atoms with Gasteiger partial charge in [0.1, 0.15) is 16.9 Å². The summed E-state index contributed by atoms with van der Waals surface area (Å²) in [6.45, 7) is 2.06. The molecule has 0 aliphatic rings. The number of phenolic OH excluding ortho intramolecular Hbond substituents is 1. The second-order valence-corrected chi connectivity index (χ2v) is 6.71. The van der Waals surface area contributed by atoms with Crippen molar-refractivity contribution in [1.82, 2.24) is 19.7 Å². The SMILES string of the molecule is CCCc1nn(C)c2c(Nc3ccc(O)c(F)c3)nc(-c3ccc(F)cc3)nc12.Cl. The van der Waals surface area contributed by atoms with Crippen LogP contribution in [-0.4, -0.2) is 24.9 Å². The summed E-state index contributed by atoms with van der Waals surface area (Å²) in [5, 5.41) is 17.1. The van der Waals surface area contributed by atoms with Crippen LogP contribution in [0.15, 0.2) is 42.5 Å². The topological polar surface area (TPSA) is 75.9 Å². The van der Waals surface area contributed by atoms with E-state index >= 15 is 0 Å². The standard InChI is InChI=1S/C21H19F2N5O.ClH/c1-3-4-16-18-19(28(2)27-16)21(24-14-9-10-17(29)15(23)11-14)26-20(25-18)12-5-7-13(22)8-6-12;/h5-11,29H,3-4H2,1-2H3,(H,24,25,26);1H. The quantitative estimate of drug-likeness (QED) is 0.428. The van der Waals surface area contributed by atoms with Crippen LogP contribution in [0.2, 0.25) is 0 Å². The minimum absolute atomic E-state index is 0. The lowest BCUT2D eigenvalue weighted by Crippen LogP contribution is -2.02. The van der Waals surface area contributed by atoms with E-state index in [4.69, 9.17) is 0 Å². The number of halogens is 3. The molecular formula is C21H20ClF2N5O. The number of aryl methyl sites for hydroxylation is 2. The molecule has 0 atom stereocenters. The summed E-state index contributed by atoms with van der Waals surface area (Å²) in [7, 11) is 1.80. The summed E-state index contributed by atoms with van der Waals surface area (Å²) in [6.07, 6.45) is 1.64. The van der Waals surface area contributed by atoms with Crippen molar-refractivity contribution in [2.75, 3.05) is 5.32 Å². The van der Waals surface area contributed by atoms with Crippen molar-refractivity contribution in [2.24, 2.45) is 7.05 Å². The number of hydrogen-bond acceptors (Lipinski definition) is 5. The van der Waals surface area contributed by atoms with Gasteiger partial charge in [-0.2, -0.15) is 5.10 Å². The van der Waals surface area contributed by atoms with Gasteiger partial charge in [-0.15, -0.1) is 12.4 Å². The molecular weight excluding hydrogens is 412 g/mol. The van der Waals surface area contributed by atoms with Crippen molar-refractivity contribution in [2.45, 2.75) is 19.8 Å². The number of nitrogens with one attached hydrogen (secondary N) is 1. The van der Waals surface area contributed by atoms with Gasteiger partial charge >= 0.3 is 0 Å². The van der Waals surface area contributed by atoms with Gasteiger partial charge in [0.05, 0.1) is 5.69 Å². The second-order valence-electron chi connectivity index (χ2n) is 6.71. The highest BCUT2D eigenvalue weighted by Gasteiger charge is 2.18. The third-order valence-electron chi connectivity index (χ3n) is 4.55. The average molecular weight is 432 g/mol. The first-order chi connectivity index (χ1) is 14.0. The molecule has 0 aliphatic carbocycles. The van der Waals surface area contributed by atoms with Crippen molar-refractivity contribution in [3.63, 3.8) is 0 Å². The molecule has 4 aromatic rings. The number of aromatic hydroxyl groups is 1. The van der Waals surface area contributed by atoms with E-state index in [-0.39, 0.29) is 18.2 Å². The van der Waals surface area contributed by atoms with E-state index in [0.717, 1.165) is 18.5 Å². The first kappa shape index (κ1) is 21.4. The number of phenols is 1. The third kappa shape index (κ3) is 4.04. The van der Waals surface area contributed by atoms with Crippen LogP contribution in [0, 0.1) is 11.6 Å². The summed E-state index contributed by atoms with van der Waals surface area (Å²) >= 11 is 0. The molecule has 9 heteroatoms. The van der Waals surface area contributed by atoms with Crippen molar-refractivity contribution in [3.8, 4) is 17.1 Å². The average Bonchev–Trinajstić information content (AvgIpc) is 3.01. The summed E-state index contributed by atoms with van der Waals surface area (Å²) in [6, 6.07) is 9.91. The molecule has 0 saturated heterocycles. The van der Waals surface area contributed by atoms with Crippen molar-refractivity contribution >= 4 is 34.9 Å². The van der Waals surface area contributed by atoms with Crippen LogP contribution in [0.25, 0.3) is 22.4 Å². The zero-order chi connectivity index (χ0) is 20.5. The fraction of sp³-hybridized carbons (Fsp3) is 0.190. The van der Waals surface area contributed by atoms with E-state index in [2.05, 4.69) is 27.3 Å². The van der Waals surface area contributed by atoms with Crippen molar-refractivity contribution < 1.29 is 13.9 Å². The Morgan fingerprint density at radius 1 is 1.07 bits per heavy atom. The zero-order valence-corrected chi connectivity index (χ0v) is 17.2. The lowest BCUT2D eigenvalue weighted by Gasteiger charge is -2.11. The van der Waals surface area contributed by atoms with Gasteiger partial charge in [0.25, 0.3) is 0 Å². The Balaban J connectivity index is 0.00000256. The maximum atomic E-state index is 13.8. The Morgan fingerprint density at radius 2 is 1.80 bits per heavy atom. The van der Waals surface area contributed by atoms with Gasteiger partial charge in [0, 0.05) is 24.4 Å². The fourth-order valence-corrected chi connectivity index (χ4v) is 3.18. The summed E-state index contributed by atoms with van der Waals surface area (Å²) in [4.78, 5) is 9.27. The molecule has 0 aliphatic heterocycles. The predicted octanol–water partition coefficient (Wildman–Crippen LogP) is 5.13. The van der Waals surface area contributed by atoms with Gasteiger partial charge in [-0.1, -0.05) is 13.3 Å². The van der Waals surface area contributed by atoms with Crippen molar-refractivity contribution in [1.29, 1.82) is 0 Å². The molecule has 2 aromatic carbocycles. The van der Waals surface area contributed by atoms with Gasteiger partial charge in [-0.3, -0.25) is 4.68 Å². The number of benzene rings is 2. The zero-order valence-electron chi connectivity index (χ0n) is 16.4. The normalized spacial score (nSPS) is 10.8. The van der Waals surface area contributed by atoms with E-state index in [1.165, 1.54) is 24.3 Å². The van der Waals surface area contributed by atoms with Crippen LogP contribution < -0.4 is 5.32 Å². The molecule has 0 radical (unpaired) electrons. The van der Waals surface area contributed by atoms with E-state index < -0.39 is 11.6 Å². The summed E-state index contributed by atoms with van der Waals surface area (Å²) in [5.74, 6) is -0.668. The minimum Gasteiger partial charge on any atom is -0.505 e. The van der Waals surface area contributed by atoms with E-state index in [1.807, 2.05) is 0 Å². The molecule has 0 amide bonds. The first-order valence-electron chi connectivity index (χ1n) is 9.21. The monoisotopic (exact) mass is 431 g/mol. The number of anilines is 2. The van der Waals surface area contributed by atoms with E-state index in [0.29, 0.717) is 33.9 Å².